The first-order valence-corrected chi connectivity index (χ1v) is 7.50. The molecule has 0 aliphatic rings. The largest absolute Gasteiger partial charge is 0.318 e. The van der Waals surface area contributed by atoms with Crippen molar-refractivity contribution in [2.24, 2.45) is 0 Å². The molecule has 7 heteroatoms. The van der Waals surface area contributed by atoms with E-state index in [9.17, 15) is 13.6 Å². The number of nitrogens with one attached hydrogen (secondary N) is 1. The molecule has 3 aromatic heterocycles. The number of fused-ring (bicyclic) bond motifs is 1. The lowest BCUT2D eigenvalue weighted by Crippen LogP contribution is -2.14. The number of halogens is 2. The van der Waals surface area contributed by atoms with E-state index in [2.05, 4.69) is 10.4 Å². The molecule has 0 aliphatic heterocycles. The van der Waals surface area contributed by atoms with E-state index in [0.29, 0.717) is 6.07 Å². The number of anilines is 1. The highest BCUT2D eigenvalue weighted by Gasteiger charge is 2.14. The highest BCUT2D eigenvalue weighted by molar-refractivity contribution is 6.02. The van der Waals surface area contributed by atoms with Gasteiger partial charge in [-0.25, -0.2) is 13.5 Å². The van der Waals surface area contributed by atoms with Gasteiger partial charge in [0.15, 0.2) is 5.69 Å². The van der Waals surface area contributed by atoms with Crippen molar-refractivity contribution >= 4 is 17.1 Å². The van der Waals surface area contributed by atoms with Crippen LogP contribution in [0.3, 0.4) is 0 Å². The van der Waals surface area contributed by atoms with E-state index >= 15 is 0 Å². The minimum Gasteiger partial charge on any atom is -0.318 e. The summed E-state index contributed by atoms with van der Waals surface area (Å²) in [6.07, 6.45) is 3.53. The number of hydrogen-bond acceptors (Lipinski definition) is 2. The lowest BCUT2D eigenvalue weighted by molar-refractivity contribution is 0.102. The minimum atomic E-state index is -0.842. The zero-order chi connectivity index (χ0) is 17.4. The molecule has 124 valence electrons. The SMILES string of the molecule is O=C(Nc1ccc(F)cc1F)c1ccn(-c2ccc3ccccn23)n1. The first-order chi connectivity index (χ1) is 12.1. The van der Waals surface area contributed by atoms with E-state index in [4.69, 9.17) is 0 Å². The number of amides is 1. The zero-order valence-corrected chi connectivity index (χ0v) is 12.9. The maximum absolute atomic E-state index is 13.6. The first-order valence-electron chi connectivity index (χ1n) is 7.50. The maximum Gasteiger partial charge on any atom is 0.276 e. The Bertz CT molecular complexity index is 1080. The van der Waals surface area contributed by atoms with E-state index in [1.807, 2.05) is 40.9 Å². The highest BCUT2D eigenvalue weighted by Crippen LogP contribution is 2.17. The molecule has 1 aromatic carbocycles. The van der Waals surface area contributed by atoms with Crippen molar-refractivity contribution in [3.63, 3.8) is 0 Å². The summed E-state index contributed by atoms with van der Waals surface area (Å²) in [4.78, 5) is 12.2. The molecule has 0 atom stereocenters. The van der Waals surface area contributed by atoms with Crippen LogP contribution in [-0.4, -0.2) is 20.1 Å². The zero-order valence-electron chi connectivity index (χ0n) is 12.9. The summed E-state index contributed by atoms with van der Waals surface area (Å²) in [6.45, 7) is 0. The van der Waals surface area contributed by atoms with Gasteiger partial charge in [0, 0.05) is 24.0 Å². The number of benzene rings is 1. The molecule has 0 radical (unpaired) electrons. The summed E-state index contributed by atoms with van der Waals surface area (Å²) in [5.74, 6) is -1.36. The van der Waals surface area contributed by atoms with E-state index in [1.54, 1.807) is 10.9 Å². The van der Waals surface area contributed by atoms with Gasteiger partial charge in [-0.3, -0.25) is 4.79 Å². The van der Waals surface area contributed by atoms with Crippen LogP contribution in [0.25, 0.3) is 11.3 Å². The average Bonchev–Trinajstić information content (AvgIpc) is 3.23. The Labute approximate surface area is 141 Å². The molecule has 1 N–H and O–H groups in total. The quantitative estimate of drug-likeness (QED) is 0.620. The highest BCUT2D eigenvalue weighted by atomic mass is 19.1. The van der Waals surface area contributed by atoms with E-state index < -0.39 is 17.5 Å². The fourth-order valence-electron chi connectivity index (χ4n) is 2.58. The molecule has 0 unspecified atom stereocenters. The number of carbonyl (C=O) groups excluding carboxylic acids is 1. The van der Waals surface area contributed by atoms with Crippen LogP contribution in [0, 0.1) is 11.6 Å². The smallest absolute Gasteiger partial charge is 0.276 e. The molecule has 0 fully saturated rings. The van der Waals surface area contributed by atoms with Crippen molar-refractivity contribution in [1.29, 1.82) is 0 Å². The monoisotopic (exact) mass is 338 g/mol. The van der Waals surface area contributed by atoms with Crippen molar-refractivity contribution in [3.05, 3.63) is 84.3 Å². The van der Waals surface area contributed by atoms with Crippen LogP contribution in [0.5, 0.6) is 0 Å². The lowest BCUT2D eigenvalue weighted by atomic mass is 10.3. The van der Waals surface area contributed by atoms with E-state index in [1.165, 1.54) is 12.1 Å². The normalized spacial score (nSPS) is 11.0. The minimum absolute atomic E-state index is 0.103. The van der Waals surface area contributed by atoms with E-state index in [0.717, 1.165) is 17.4 Å². The maximum atomic E-state index is 13.6. The molecule has 0 bridgehead atoms. The number of nitrogens with zero attached hydrogens (tertiary/aromatic N) is 3. The fourth-order valence-corrected chi connectivity index (χ4v) is 2.58. The Hall–Kier alpha value is -3.48. The van der Waals surface area contributed by atoms with Crippen LogP contribution in [0.2, 0.25) is 0 Å². The third-order valence-electron chi connectivity index (χ3n) is 3.78. The van der Waals surface area contributed by atoms with Gasteiger partial charge in [-0.2, -0.15) is 5.10 Å². The Morgan fingerprint density at radius 3 is 2.72 bits per heavy atom. The molecule has 4 aromatic rings. The molecular formula is C18H12F2N4O. The van der Waals surface area contributed by atoms with Crippen molar-refractivity contribution in [1.82, 2.24) is 14.2 Å². The summed E-state index contributed by atoms with van der Waals surface area (Å²) >= 11 is 0. The third-order valence-corrected chi connectivity index (χ3v) is 3.78. The number of carbonyl (C=O) groups is 1. The number of rotatable bonds is 3. The van der Waals surface area contributed by atoms with Crippen LogP contribution < -0.4 is 5.32 Å². The summed E-state index contributed by atoms with van der Waals surface area (Å²) in [5, 5.41) is 6.62. The molecule has 0 aliphatic carbocycles. The second-order valence-electron chi connectivity index (χ2n) is 5.41. The van der Waals surface area contributed by atoms with Crippen LogP contribution in [0.4, 0.5) is 14.5 Å². The molecule has 5 nitrogen and oxygen atoms in total. The van der Waals surface area contributed by atoms with Gasteiger partial charge in [0.05, 0.1) is 5.69 Å². The van der Waals surface area contributed by atoms with Crippen molar-refractivity contribution < 1.29 is 13.6 Å². The summed E-state index contributed by atoms with van der Waals surface area (Å²) < 4.78 is 30.1. The van der Waals surface area contributed by atoms with Crippen molar-refractivity contribution in [3.8, 4) is 5.82 Å². The molecule has 1 amide bonds. The van der Waals surface area contributed by atoms with Gasteiger partial charge in [0.25, 0.3) is 5.91 Å². The fraction of sp³-hybridized carbons (Fsp3) is 0. The number of hydrogen-bond donors (Lipinski definition) is 1. The summed E-state index contributed by atoms with van der Waals surface area (Å²) in [6, 6.07) is 14.1. The van der Waals surface area contributed by atoms with Gasteiger partial charge in [-0.15, -0.1) is 0 Å². The van der Waals surface area contributed by atoms with Gasteiger partial charge in [-0.1, -0.05) is 6.07 Å². The first kappa shape index (κ1) is 15.1. The van der Waals surface area contributed by atoms with Gasteiger partial charge in [0.1, 0.15) is 17.5 Å². The second kappa shape index (κ2) is 5.86. The molecule has 25 heavy (non-hydrogen) atoms. The number of pyridine rings is 1. The molecule has 4 rings (SSSR count). The molecule has 0 spiro atoms. The Kier molecular flexibility index (Phi) is 3.53. The van der Waals surface area contributed by atoms with Gasteiger partial charge in [-0.05, 0) is 42.5 Å². The van der Waals surface area contributed by atoms with Gasteiger partial charge in [0.2, 0.25) is 0 Å². The molecule has 3 heterocycles. The lowest BCUT2D eigenvalue weighted by Gasteiger charge is -2.05. The van der Waals surface area contributed by atoms with Gasteiger partial charge < -0.3 is 9.72 Å². The standard InChI is InChI=1S/C18H12F2N4O/c19-12-4-6-15(14(20)11-12)21-18(25)16-8-10-24(22-16)17-7-5-13-3-1-2-9-23(13)17/h1-11H,(H,21,25). The van der Waals surface area contributed by atoms with E-state index in [-0.39, 0.29) is 11.4 Å². The topological polar surface area (TPSA) is 51.3 Å². The van der Waals surface area contributed by atoms with Crippen LogP contribution in [0.15, 0.2) is 67.0 Å². The average molecular weight is 338 g/mol. The Balaban J connectivity index is 1.61. The van der Waals surface area contributed by atoms with Gasteiger partial charge >= 0.3 is 0 Å². The van der Waals surface area contributed by atoms with Crippen LogP contribution in [-0.2, 0) is 0 Å². The van der Waals surface area contributed by atoms with Crippen LogP contribution in [0.1, 0.15) is 10.5 Å². The van der Waals surface area contributed by atoms with Crippen molar-refractivity contribution in [2.75, 3.05) is 5.32 Å². The Morgan fingerprint density at radius 1 is 1.00 bits per heavy atom. The van der Waals surface area contributed by atoms with Crippen LogP contribution >= 0.6 is 0 Å². The second-order valence-corrected chi connectivity index (χ2v) is 5.41. The molecule has 0 saturated carbocycles. The Morgan fingerprint density at radius 2 is 1.88 bits per heavy atom. The summed E-state index contributed by atoms with van der Waals surface area (Å²) in [5.41, 5.74) is 1.01. The molecular weight excluding hydrogens is 326 g/mol. The predicted octanol–water partition coefficient (Wildman–Crippen LogP) is 3.66. The predicted molar refractivity (Wildman–Crippen MR) is 88.8 cm³/mol. The third kappa shape index (κ3) is 2.76. The van der Waals surface area contributed by atoms with Crippen molar-refractivity contribution in [2.45, 2.75) is 0 Å². The number of aromatic nitrogens is 3. The molecule has 0 saturated heterocycles. The summed E-state index contributed by atoms with van der Waals surface area (Å²) in [7, 11) is 0.